The summed E-state index contributed by atoms with van der Waals surface area (Å²) in [7, 11) is -1.72. The quantitative estimate of drug-likeness (QED) is 0.541. The molecule has 1 rings (SSSR count). The molecular formula is C4H9NO5P+. The topological polar surface area (TPSA) is 98.9 Å². The number of carboxylic acid groups (broad SMARTS) is 1. The highest BCUT2D eigenvalue weighted by Gasteiger charge is 2.26. The monoisotopic (exact) mass is 182 g/mol. The fourth-order valence-corrected chi connectivity index (χ4v) is 0.783. The number of aliphatic carboxylic acids is 1. The largest absolute Gasteiger partial charge is 0.697 e. The Labute approximate surface area is 64.2 Å². The van der Waals surface area contributed by atoms with Crippen LogP contribution in [0.5, 0.6) is 0 Å². The molecule has 0 spiro atoms. The Kier molecular flexibility index (Phi) is 5.87. The van der Waals surface area contributed by atoms with Crippen molar-refractivity contribution in [2.45, 2.75) is 0 Å². The summed E-state index contributed by atoms with van der Waals surface area (Å²) < 4.78 is 18.8. The fourth-order valence-electron chi connectivity index (χ4n) is 0.261. The van der Waals surface area contributed by atoms with Crippen molar-refractivity contribution in [3.8, 4) is 0 Å². The van der Waals surface area contributed by atoms with Gasteiger partial charge < -0.3 is 10.8 Å². The number of carbonyl (C=O) groups is 1. The molecule has 0 atom stereocenters. The molecule has 0 amide bonds. The van der Waals surface area contributed by atoms with Gasteiger partial charge in [0.2, 0.25) is 0 Å². The number of nitrogens with two attached hydrogens (primary N) is 1. The van der Waals surface area contributed by atoms with E-state index >= 15 is 0 Å². The van der Waals surface area contributed by atoms with Gasteiger partial charge in [-0.15, -0.1) is 9.05 Å². The van der Waals surface area contributed by atoms with Crippen LogP contribution in [-0.2, 0) is 18.4 Å². The smallest absolute Gasteiger partial charge is 0.480 e. The highest BCUT2D eigenvalue weighted by atomic mass is 31.1. The van der Waals surface area contributed by atoms with Gasteiger partial charge in [0, 0.05) is 4.57 Å². The van der Waals surface area contributed by atoms with Gasteiger partial charge in [-0.2, -0.15) is 0 Å². The van der Waals surface area contributed by atoms with Gasteiger partial charge in [0.05, 0.1) is 6.54 Å². The van der Waals surface area contributed by atoms with E-state index in [1.54, 1.807) is 0 Å². The highest BCUT2D eigenvalue weighted by molar-refractivity contribution is 7.33. The van der Waals surface area contributed by atoms with Crippen LogP contribution in [0.3, 0.4) is 0 Å². The number of rotatable bonds is 1. The summed E-state index contributed by atoms with van der Waals surface area (Å²) in [5.41, 5.74) is 4.57. The third kappa shape index (κ3) is 7.35. The van der Waals surface area contributed by atoms with E-state index in [1.165, 1.54) is 0 Å². The molecule has 1 heterocycles. The van der Waals surface area contributed by atoms with Crippen LogP contribution in [0.2, 0.25) is 0 Å². The Balaban J connectivity index is 0.000000187. The Hall–Kier alpha value is -0.550. The maximum Gasteiger partial charge on any atom is 0.697 e. The first-order valence-corrected chi connectivity index (χ1v) is 3.91. The molecule has 1 fully saturated rings. The van der Waals surface area contributed by atoms with Gasteiger partial charge in [-0.1, -0.05) is 0 Å². The van der Waals surface area contributed by atoms with Gasteiger partial charge >= 0.3 is 14.2 Å². The molecule has 0 saturated carbocycles. The van der Waals surface area contributed by atoms with E-state index in [2.05, 4.69) is 14.8 Å². The van der Waals surface area contributed by atoms with Crippen LogP contribution >= 0.6 is 8.25 Å². The van der Waals surface area contributed by atoms with E-state index in [-0.39, 0.29) is 6.54 Å². The minimum absolute atomic E-state index is 0.278. The van der Waals surface area contributed by atoms with Crippen molar-refractivity contribution in [1.29, 1.82) is 0 Å². The van der Waals surface area contributed by atoms with Gasteiger partial charge in [-0.05, 0) is 0 Å². The zero-order chi connectivity index (χ0) is 8.69. The molecule has 0 aromatic carbocycles. The van der Waals surface area contributed by atoms with Crippen molar-refractivity contribution in [3.63, 3.8) is 0 Å². The van der Waals surface area contributed by atoms with Crippen LogP contribution in [0.4, 0.5) is 0 Å². The Bertz CT molecular complexity index is 141. The summed E-state index contributed by atoms with van der Waals surface area (Å²) in [5, 5.41) is 7.60. The number of hydrogen-bond donors (Lipinski definition) is 2. The van der Waals surface area contributed by atoms with E-state index in [9.17, 15) is 9.36 Å². The van der Waals surface area contributed by atoms with Crippen LogP contribution < -0.4 is 5.73 Å². The van der Waals surface area contributed by atoms with Crippen LogP contribution in [-0.4, -0.2) is 30.8 Å². The average Bonchev–Trinajstić information content (AvgIpc) is 2.41. The summed E-state index contributed by atoms with van der Waals surface area (Å²) in [6.07, 6.45) is 0. The molecule has 11 heavy (non-hydrogen) atoms. The summed E-state index contributed by atoms with van der Waals surface area (Å²) in [4.78, 5) is 9.24. The summed E-state index contributed by atoms with van der Waals surface area (Å²) in [5.74, 6) is -0.968. The minimum atomic E-state index is -1.72. The third-order valence-corrected chi connectivity index (χ3v) is 1.44. The maximum absolute atomic E-state index is 9.95. The first-order valence-electron chi connectivity index (χ1n) is 2.81. The van der Waals surface area contributed by atoms with E-state index < -0.39 is 14.2 Å². The summed E-state index contributed by atoms with van der Waals surface area (Å²) >= 11 is 0. The molecular weight excluding hydrogens is 173 g/mol. The molecule has 0 aromatic rings. The Morgan fingerprint density at radius 3 is 2.00 bits per heavy atom. The van der Waals surface area contributed by atoms with Gasteiger partial charge in [0.25, 0.3) is 0 Å². The van der Waals surface area contributed by atoms with Crippen LogP contribution in [0.15, 0.2) is 0 Å². The van der Waals surface area contributed by atoms with Crippen molar-refractivity contribution in [3.05, 3.63) is 0 Å². The average molecular weight is 182 g/mol. The summed E-state index contributed by atoms with van der Waals surface area (Å²) in [6.45, 7) is 0.685. The zero-order valence-electron chi connectivity index (χ0n) is 5.73. The van der Waals surface area contributed by atoms with Crippen LogP contribution in [0.1, 0.15) is 0 Å². The SMILES string of the molecule is NCC(=O)O.O=[P+]1OCCO1. The standard InChI is InChI=1S/C2H5NO2.C2H4O3P/c3-1-2(4)5;3-6-4-1-2-5-6/h1,3H2,(H,4,5);1-2H2/q;+1. The second-order valence-corrected chi connectivity index (χ2v) is 2.45. The van der Waals surface area contributed by atoms with Crippen molar-refractivity contribution in [2.24, 2.45) is 5.73 Å². The van der Waals surface area contributed by atoms with Crippen molar-refractivity contribution in [1.82, 2.24) is 0 Å². The highest BCUT2D eigenvalue weighted by Crippen LogP contribution is 2.27. The fraction of sp³-hybridized carbons (Fsp3) is 0.750. The predicted octanol–water partition coefficient (Wildman–Crippen LogP) is -0.280. The van der Waals surface area contributed by atoms with Crippen LogP contribution in [0, 0.1) is 0 Å². The number of hydrogen-bond acceptors (Lipinski definition) is 5. The molecule has 7 heteroatoms. The molecule has 0 aromatic heterocycles. The second-order valence-electron chi connectivity index (χ2n) is 1.49. The lowest BCUT2D eigenvalue weighted by Gasteiger charge is -1.73. The molecule has 1 saturated heterocycles. The van der Waals surface area contributed by atoms with E-state index in [1.807, 2.05) is 0 Å². The van der Waals surface area contributed by atoms with Crippen molar-refractivity contribution >= 4 is 14.2 Å². The second kappa shape index (κ2) is 6.18. The first-order chi connectivity index (χ1) is 5.16. The molecule has 0 unspecified atom stereocenters. The van der Waals surface area contributed by atoms with Gasteiger partial charge in [-0.25, -0.2) is 0 Å². The molecule has 0 bridgehead atoms. The molecule has 64 valence electrons. The van der Waals surface area contributed by atoms with Gasteiger partial charge in [0.15, 0.2) is 0 Å². The molecule has 0 aliphatic carbocycles. The van der Waals surface area contributed by atoms with E-state index in [4.69, 9.17) is 5.11 Å². The molecule has 1 aliphatic rings. The van der Waals surface area contributed by atoms with Crippen molar-refractivity contribution in [2.75, 3.05) is 19.8 Å². The zero-order valence-corrected chi connectivity index (χ0v) is 6.62. The first kappa shape index (κ1) is 10.4. The van der Waals surface area contributed by atoms with E-state index in [0.29, 0.717) is 13.2 Å². The van der Waals surface area contributed by atoms with Crippen molar-refractivity contribution < 1.29 is 23.5 Å². The van der Waals surface area contributed by atoms with Gasteiger partial charge in [0.1, 0.15) is 13.2 Å². The predicted molar refractivity (Wildman–Crippen MR) is 36.2 cm³/mol. The minimum Gasteiger partial charge on any atom is -0.480 e. The lowest BCUT2D eigenvalue weighted by Crippen LogP contribution is -2.10. The Morgan fingerprint density at radius 2 is 1.91 bits per heavy atom. The Morgan fingerprint density at radius 1 is 1.55 bits per heavy atom. The molecule has 1 aliphatic heterocycles. The molecule has 6 nitrogen and oxygen atoms in total. The molecule has 0 radical (unpaired) electrons. The normalized spacial score (nSPS) is 15.5. The number of carboxylic acids is 1. The van der Waals surface area contributed by atoms with E-state index in [0.717, 1.165) is 0 Å². The maximum atomic E-state index is 9.95. The summed E-state index contributed by atoms with van der Waals surface area (Å²) in [6, 6.07) is 0. The lowest BCUT2D eigenvalue weighted by atomic mass is 10.7. The van der Waals surface area contributed by atoms with Crippen LogP contribution in [0.25, 0.3) is 0 Å². The molecule has 3 N–H and O–H groups in total. The third-order valence-electron chi connectivity index (χ3n) is 0.651. The van der Waals surface area contributed by atoms with Gasteiger partial charge in [-0.3, -0.25) is 4.79 Å². The lowest BCUT2D eigenvalue weighted by molar-refractivity contribution is -0.135.